The molecular formula is C15H22BrNO7. The Morgan fingerprint density at radius 3 is 1.96 bits per heavy atom. The second kappa shape index (κ2) is 6.85. The fraction of sp³-hybridized carbons (Fsp3) is 0.533. The molecule has 0 unspecified atom stereocenters. The quantitative estimate of drug-likeness (QED) is 0.447. The van der Waals surface area contributed by atoms with E-state index in [-0.39, 0.29) is 11.5 Å². The van der Waals surface area contributed by atoms with Crippen molar-refractivity contribution in [3.8, 4) is 11.5 Å². The van der Waals surface area contributed by atoms with Gasteiger partial charge in [0.1, 0.15) is 11.5 Å². The van der Waals surface area contributed by atoms with Crippen LogP contribution >= 0.6 is 15.9 Å². The predicted octanol–water partition coefficient (Wildman–Crippen LogP) is 0.404. The van der Waals surface area contributed by atoms with Crippen molar-refractivity contribution in [1.82, 2.24) is 5.32 Å². The van der Waals surface area contributed by atoms with Crippen molar-refractivity contribution in [2.75, 3.05) is 14.2 Å². The summed E-state index contributed by atoms with van der Waals surface area (Å²) in [6, 6.07) is 2.50. The standard InChI is InChI=1S/C15H22BrNO7/c1-13(2,3)12(18)17-15(21,22)14(19,20)8-6-11(24-5)9(16)7-10(8)23-4/h6-7,19-22H,1-5H3,(H,17,18). The summed E-state index contributed by atoms with van der Waals surface area (Å²) in [5, 5.41) is 42.7. The third-order valence-corrected chi connectivity index (χ3v) is 3.92. The fourth-order valence-electron chi connectivity index (χ4n) is 1.75. The molecule has 0 radical (unpaired) electrons. The average Bonchev–Trinajstić information content (AvgIpc) is 2.44. The first-order valence-corrected chi connectivity index (χ1v) is 7.71. The fourth-order valence-corrected chi connectivity index (χ4v) is 2.24. The Hall–Kier alpha value is -1.39. The Morgan fingerprint density at radius 2 is 1.54 bits per heavy atom. The third kappa shape index (κ3) is 3.98. The molecule has 0 saturated heterocycles. The second-order valence-electron chi connectivity index (χ2n) is 6.24. The van der Waals surface area contributed by atoms with Gasteiger partial charge in [0.25, 0.3) is 5.79 Å². The molecule has 0 aliphatic rings. The molecule has 0 fully saturated rings. The molecule has 1 rings (SSSR count). The van der Waals surface area contributed by atoms with Crippen LogP contribution in [-0.4, -0.2) is 46.5 Å². The normalized spacial score (nSPS) is 12.8. The Labute approximate surface area is 148 Å². The van der Waals surface area contributed by atoms with Crippen LogP contribution < -0.4 is 14.8 Å². The monoisotopic (exact) mass is 407 g/mol. The number of halogens is 1. The van der Waals surface area contributed by atoms with Crippen LogP contribution in [0, 0.1) is 5.41 Å². The van der Waals surface area contributed by atoms with Crippen molar-refractivity contribution in [1.29, 1.82) is 0 Å². The van der Waals surface area contributed by atoms with Gasteiger partial charge in [-0.1, -0.05) is 20.8 Å². The van der Waals surface area contributed by atoms with Gasteiger partial charge in [0.2, 0.25) is 5.91 Å². The van der Waals surface area contributed by atoms with Gasteiger partial charge < -0.3 is 29.9 Å². The summed E-state index contributed by atoms with van der Waals surface area (Å²) in [7, 11) is 2.61. The Morgan fingerprint density at radius 1 is 1.04 bits per heavy atom. The van der Waals surface area contributed by atoms with Gasteiger partial charge >= 0.3 is 5.91 Å². The number of hydrogen-bond donors (Lipinski definition) is 5. The number of carbonyl (C=O) groups is 1. The number of methoxy groups -OCH3 is 2. The molecule has 9 heteroatoms. The van der Waals surface area contributed by atoms with E-state index >= 15 is 0 Å². The van der Waals surface area contributed by atoms with Gasteiger partial charge in [-0.3, -0.25) is 10.1 Å². The molecule has 0 aliphatic carbocycles. The van der Waals surface area contributed by atoms with Crippen LogP contribution in [0.4, 0.5) is 0 Å². The summed E-state index contributed by atoms with van der Waals surface area (Å²) in [5.41, 5.74) is -1.40. The molecule has 8 nitrogen and oxygen atoms in total. The topological polar surface area (TPSA) is 128 Å². The molecule has 1 amide bonds. The zero-order valence-electron chi connectivity index (χ0n) is 14.0. The average molecular weight is 408 g/mol. The van der Waals surface area contributed by atoms with Gasteiger partial charge in [-0.2, -0.15) is 0 Å². The minimum absolute atomic E-state index is 0.0647. The number of amides is 1. The van der Waals surface area contributed by atoms with Crippen molar-refractivity contribution in [2.45, 2.75) is 32.5 Å². The minimum Gasteiger partial charge on any atom is -0.496 e. The van der Waals surface area contributed by atoms with Crippen LogP contribution in [0.15, 0.2) is 16.6 Å². The highest BCUT2D eigenvalue weighted by Crippen LogP contribution is 2.40. The number of carbonyl (C=O) groups excluding carboxylic acids is 1. The van der Waals surface area contributed by atoms with Crippen molar-refractivity contribution < 1.29 is 34.7 Å². The van der Waals surface area contributed by atoms with Crippen LogP contribution in [0.1, 0.15) is 26.3 Å². The van der Waals surface area contributed by atoms with Crippen molar-refractivity contribution in [3.05, 3.63) is 22.2 Å². The maximum absolute atomic E-state index is 12.0. The first-order valence-electron chi connectivity index (χ1n) is 6.92. The van der Waals surface area contributed by atoms with Crippen LogP contribution in [0.2, 0.25) is 0 Å². The first kappa shape index (κ1) is 20.7. The van der Waals surface area contributed by atoms with Crippen LogP contribution in [-0.2, 0) is 10.6 Å². The number of hydrogen-bond acceptors (Lipinski definition) is 7. The lowest BCUT2D eigenvalue weighted by atomic mass is 9.94. The van der Waals surface area contributed by atoms with E-state index in [1.807, 2.05) is 0 Å². The number of ether oxygens (including phenoxy) is 2. The maximum Gasteiger partial charge on any atom is 0.308 e. The molecule has 0 aromatic heterocycles. The summed E-state index contributed by atoms with van der Waals surface area (Å²) in [5.74, 6) is -7.35. The van der Waals surface area contributed by atoms with Crippen LogP contribution in [0.25, 0.3) is 0 Å². The molecule has 1 aromatic carbocycles. The molecule has 0 heterocycles. The van der Waals surface area contributed by atoms with E-state index in [4.69, 9.17) is 9.47 Å². The molecule has 0 aliphatic heterocycles. The van der Waals surface area contributed by atoms with Gasteiger partial charge in [0.15, 0.2) is 0 Å². The van der Waals surface area contributed by atoms with E-state index in [1.54, 1.807) is 5.32 Å². The highest BCUT2D eigenvalue weighted by Gasteiger charge is 2.53. The molecule has 24 heavy (non-hydrogen) atoms. The van der Waals surface area contributed by atoms with Crippen molar-refractivity contribution in [2.24, 2.45) is 5.41 Å². The molecule has 0 spiro atoms. The zero-order valence-corrected chi connectivity index (χ0v) is 15.6. The van der Waals surface area contributed by atoms with E-state index in [2.05, 4.69) is 15.9 Å². The minimum atomic E-state index is -3.39. The smallest absolute Gasteiger partial charge is 0.308 e. The molecule has 1 aromatic rings. The second-order valence-corrected chi connectivity index (χ2v) is 7.09. The van der Waals surface area contributed by atoms with E-state index in [9.17, 15) is 25.2 Å². The van der Waals surface area contributed by atoms with Gasteiger partial charge in [0, 0.05) is 5.41 Å². The zero-order chi connectivity index (χ0) is 18.9. The summed E-state index contributed by atoms with van der Waals surface area (Å²) in [6.07, 6.45) is 0. The third-order valence-electron chi connectivity index (χ3n) is 3.30. The lowest BCUT2D eigenvalue weighted by Gasteiger charge is -2.37. The number of nitrogens with one attached hydrogen (secondary N) is 1. The number of benzene rings is 1. The highest BCUT2D eigenvalue weighted by molar-refractivity contribution is 9.10. The summed E-state index contributed by atoms with van der Waals surface area (Å²) in [6.45, 7) is 4.58. The summed E-state index contributed by atoms with van der Waals surface area (Å²) < 4.78 is 10.5. The predicted molar refractivity (Wildman–Crippen MR) is 88.1 cm³/mol. The van der Waals surface area contributed by atoms with E-state index in [0.717, 1.165) is 6.07 Å². The van der Waals surface area contributed by atoms with E-state index in [0.29, 0.717) is 4.47 Å². The van der Waals surface area contributed by atoms with Gasteiger partial charge in [0.05, 0.1) is 24.3 Å². The van der Waals surface area contributed by atoms with Gasteiger partial charge in [-0.25, -0.2) is 0 Å². The highest BCUT2D eigenvalue weighted by atomic mass is 79.9. The van der Waals surface area contributed by atoms with Crippen LogP contribution in [0.5, 0.6) is 11.5 Å². The van der Waals surface area contributed by atoms with Crippen LogP contribution in [0.3, 0.4) is 0 Å². The largest absolute Gasteiger partial charge is 0.496 e. The van der Waals surface area contributed by atoms with Gasteiger partial charge in [-0.15, -0.1) is 0 Å². The van der Waals surface area contributed by atoms with Crippen molar-refractivity contribution >= 4 is 21.8 Å². The van der Waals surface area contributed by atoms with E-state index in [1.165, 1.54) is 41.1 Å². The number of aliphatic hydroxyl groups is 4. The Kier molecular flexibility index (Phi) is 5.89. The van der Waals surface area contributed by atoms with Gasteiger partial charge in [-0.05, 0) is 28.1 Å². The molecule has 0 saturated carbocycles. The first-order chi connectivity index (χ1) is 10.8. The molecule has 0 bridgehead atoms. The molecule has 0 atom stereocenters. The molecular weight excluding hydrogens is 386 g/mol. The Bertz CT molecular complexity index is 623. The Balaban J connectivity index is 3.39. The SMILES string of the molecule is COc1cc(C(O)(O)C(O)(O)NC(=O)C(C)(C)C)c(OC)cc1Br. The number of rotatable bonds is 5. The molecule has 5 N–H and O–H groups in total. The van der Waals surface area contributed by atoms with Crippen molar-refractivity contribution in [3.63, 3.8) is 0 Å². The summed E-state index contributed by atoms with van der Waals surface area (Å²) >= 11 is 3.20. The summed E-state index contributed by atoms with van der Waals surface area (Å²) in [4.78, 5) is 12.0. The maximum atomic E-state index is 12.0. The lowest BCUT2D eigenvalue weighted by Crippen LogP contribution is -2.64. The lowest BCUT2D eigenvalue weighted by molar-refractivity contribution is -0.376. The van der Waals surface area contributed by atoms with E-state index < -0.39 is 28.6 Å². The molecule has 136 valence electrons.